The van der Waals surface area contributed by atoms with E-state index in [4.69, 9.17) is 0 Å². The summed E-state index contributed by atoms with van der Waals surface area (Å²) in [6.45, 7) is 1.88. The maximum atomic E-state index is 12.2. The predicted molar refractivity (Wildman–Crippen MR) is 41.1 cm³/mol. The molecule has 0 aromatic carbocycles. The fraction of sp³-hybridized carbons (Fsp3) is 0.500. The highest BCUT2D eigenvalue weighted by atomic mass is 19.4. The van der Waals surface area contributed by atoms with Gasteiger partial charge >= 0.3 is 6.18 Å². The molecule has 1 aliphatic heterocycles. The van der Waals surface area contributed by atoms with Gasteiger partial charge in [-0.1, -0.05) is 0 Å². The van der Waals surface area contributed by atoms with Gasteiger partial charge in [0.15, 0.2) is 0 Å². The van der Waals surface area contributed by atoms with E-state index in [1.807, 2.05) is 0 Å². The Balaban J connectivity index is 2.36. The van der Waals surface area contributed by atoms with Gasteiger partial charge < -0.3 is 9.88 Å². The molecule has 2 heterocycles. The van der Waals surface area contributed by atoms with Crippen LogP contribution in [-0.4, -0.2) is 11.1 Å². The first-order valence-corrected chi connectivity index (χ1v) is 4.04. The number of nitrogens with zero attached hydrogens (tertiary/aromatic N) is 1. The molecule has 72 valence electrons. The number of rotatable bonds is 0. The molecule has 13 heavy (non-hydrogen) atoms. The predicted octanol–water partition coefficient (Wildman–Crippen LogP) is 1.61. The van der Waals surface area contributed by atoms with Crippen LogP contribution in [0.2, 0.25) is 0 Å². The topological polar surface area (TPSA) is 17.0 Å². The Hall–Kier alpha value is -0.970. The smallest absolute Gasteiger partial charge is 0.348 e. The number of hydrogen-bond donors (Lipinski definition) is 1. The fourth-order valence-corrected chi connectivity index (χ4v) is 1.48. The van der Waals surface area contributed by atoms with Gasteiger partial charge in [-0.25, -0.2) is 0 Å². The second-order valence-electron chi connectivity index (χ2n) is 3.09. The summed E-state index contributed by atoms with van der Waals surface area (Å²) in [4.78, 5) is 0. The van der Waals surface area contributed by atoms with Crippen molar-refractivity contribution in [1.29, 1.82) is 0 Å². The van der Waals surface area contributed by atoms with Crippen LogP contribution in [0.3, 0.4) is 0 Å². The Morgan fingerprint density at radius 3 is 2.77 bits per heavy atom. The molecule has 0 atom stereocenters. The lowest BCUT2D eigenvalue weighted by molar-refractivity contribution is -0.137. The Bertz CT molecular complexity index is 290. The Labute approximate surface area is 73.4 Å². The van der Waals surface area contributed by atoms with Gasteiger partial charge in [-0.05, 0) is 6.07 Å². The van der Waals surface area contributed by atoms with Crippen molar-refractivity contribution in [3.63, 3.8) is 0 Å². The second kappa shape index (κ2) is 2.77. The third-order valence-corrected chi connectivity index (χ3v) is 2.15. The van der Waals surface area contributed by atoms with E-state index in [0.717, 1.165) is 6.54 Å². The van der Waals surface area contributed by atoms with Crippen molar-refractivity contribution in [2.24, 2.45) is 0 Å². The largest absolute Gasteiger partial charge is 0.417 e. The number of halogens is 3. The maximum absolute atomic E-state index is 12.2. The SMILES string of the molecule is FC(F)(F)c1cc2n(c1)CCNC2. The van der Waals surface area contributed by atoms with E-state index in [1.54, 1.807) is 4.57 Å². The van der Waals surface area contributed by atoms with E-state index in [0.29, 0.717) is 18.8 Å². The van der Waals surface area contributed by atoms with Gasteiger partial charge in [-0.2, -0.15) is 13.2 Å². The van der Waals surface area contributed by atoms with Crippen LogP contribution < -0.4 is 5.32 Å². The van der Waals surface area contributed by atoms with Crippen molar-refractivity contribution in [3.8, 4) is 0 Å². The number of alkyl halides is 3. The molecule has 0 fully saturated rings. The van der Waals surface area contributed by atoms with E-state index in [-0.39, 0.29) is 0 Å². The van der Waals surface area contributed by atoms with Crippen molar-refractivity contribution in [2.75, 3.05) is 6.54 Å². The van der Waals surface area contributed by atoms with Crippen molar-refractivity contribution in [3.05, 3.63) is 23.5 Å². The molecule has 2 nitrogen and oxygen atoms in total. The zero-order valence-electron chi connectivity index (χ0n) is 6.86. The third kappa shape index (κ3) is 1.56. The summed E-state index contributed by atoms with van der Waals surface area (Å²) in [5, 5.41) is 3.02. The normalized spacial score (nSPS) is 17.2. The monoisotopic (exact) mass is 190 g/mol. The number of nitrogens with one attached hydrogen (secondary N) is 1. The summed E-state index contributed by atoms with van der Waals surface area (Å²) >= 11 is 0. The molecular formula is C8H9F3N2. The van der Waals surface area contributed by atoms with E-state index in [9.17, 15) is 13.2 Å². The van der Waals surface area contributed by atoms with Crippen LogP contribution in [0.5, 0.6) is 0 Å². The van der Waals surface area contributed by atoms with Crippen molar-refractivity contribution >= 4 is 0 Å². The average molecular weight is 190 g/mol. The van der Waals surface area contributed by atoms with Gasteiger partial charge in [0.1, 0.15) is 0 Å². The Kier molecular flexibility index (Phi) is 1.83. The van der Waals surface area contributed by atoms with Crippen molar-refractivity contribution < 1.29 is 13.2 Å². The standard InChI is InChI=1S/C8H9F3N2/c9-8(10,11)6-3-7-4-12-1-2-13(7)5-6/h3,5,12H,1-2,4H2. The van der Waals surface area contributed by atoms with E-state index in [2.05, 4.69) is 5.32 Å². The second-order valence-corrected chi connectivity index (χ2v) is 3.09. The molecule has 0 saturated heterocycles. The molecule has 0 saturated carbocycles. The lowest BCUT2D eigenvalue weighted by Crippen LogP contribution is -2.27. The summed E-state index contributed by atoms with van der Waals surface area (Å²) in [7, 11) is 0. The highest BCUT2D eigenvalue weighted by molar-refractivity contribution is 5.22. The molecule has 0 unspecified atom stereocenters. The van der Waals surface area contributed by atoms with E-state index in [1.165, 1.54) is 12.3 Å². The molecule has 0 amide bonds. The van der Waals surface area contributed by atoms with Gasteiger partial charge in [-0.3, -0.25) is 0 Å². The van der Waals surface area contributed by atoms with E-state index >= 15 is 0 Å². The molecule has 1 N–H and O–H groups in total. The molecule has 0 radical (unpaired) electrons. The van der Waals surface area contributed by atoms with E-state index < -0.39 is 11.7 Å². The third-order valence-electron chi connectivity index (χ3n) is 2.15. The number of fused-ring (bicyclic) bond motifs is 1. The van der Waals surface area contributed by atoms with Gasteiger partial charge in [0.2, 0.25) is 0 Å². The molecule has 0 spiro atoms. The molecule has 1 aromatic rings. The van der Waals surface area contributed by atoms with Crippen LogP contribution in [0.1, 0.15) is 11.3 Å². The minimum Gasteiger partial charge on any atom is -0.348 e. The molecular weight excluding hydrogens is 181 g/mol. The minimum absolute atomic E-state index is 0.524. The van der Waals surface area contributed by atoms with Crippen molar-refractivity contribution in [1.82, 2.24) is 9.88 Å². The summed E-state index contributed by atoms with van der Waals surface area (Å²) in [6, 6.07) is 1.20. The molecule has 1 aliphatic rings. The maximum Gasteiger partial charge on any atom is 0.417 e. The van der Waals surface area contributed by atoms with Gasteiger partial charge in [0.25, 0.3) is 0 Å². The first-order valence-electron chi connectivity index (χ1n) is 4.04. The summed E-state index contributed by atoms with van der Waals surface area (Å²) in [6.07, 6.45) is -3.04. The molecule has 0 bridgehead atoms. The number of hydrogen-bond acceptors (Lipinski definition) is 1. The first kappa shape index (κ1) is 8.62. The molecule has 5 heteroatoms. The van der Waals surface area contributed by atoms with Crippen molar-refractivity contribution in [2.45, 2.75) is 19.3 Å². The summed E-state index contributed by atoms with van der Waals surface area (Å²) in [5.41, 5.74) is 0.157. The zero-order chi connectivity index (χ0) is 9.47. The van der Waals surface area contributed by atoms with Gasteiger partial charge in [0, 0.05) is 31.5 Å². The highest BCUT2D eigenvalue weighted by Crippen LogP contribution is 2.30. The summed E-state index contributed by atoms with van der Waals surface area (Å²) in [5.74, 6) is 0. The Morgan fingerprint density at radius 2 is 2.15 bits per heavy atom. The minimum atomic E-state index is -4.22. The molecule has 0 aliphatic carbocycles. The first-order chi connectivity index (χ1) is 6.07. The van der Waals surface area contributed by atoms with Crippen LogP contribution in [-0.2, 0) is 19.3 Å². The van der Waals surface area contributed by atoms with Crippen LogP contribution in [0.25, 0.3) is 0 Å². The van der Waals surface area contributed by atoms with Crippen LogP contribution >= 0.6 is 0 Å². The lowest BCUT2D eigenvalue weighted by atomic mass is 10.3. The van der Waals surface area contributed by atoms with Crippen LogP contribution in [0, 0.1) is 0 Å². The molecule has 2 rings (SSSR count). The molecule has 1 aromatic heterocycles. The van der Waals surface area contributed by atoms with Crippen LogP contribution in [0.15, 0.2) is 12.3 Å². The lowest BCUT2D eigenvalue weighted by Gasteiger charge is -2.15. The highest BCUT2D eigenvalue weighted by Gasteiger charge is 2.32. The quantitative estimate of drug-likeness (QED) is 0.657. The Morgan fingerprint density at radius 1 is 1.38 bits per heavy atom. The fourth-order valence-electron chi connectivity index (χ4n) is 1.48. The average Bonchev–Trinajstić information content (AvgIpc) is 2.45. The van der Waals surface area contributed by atoms with Gasteiger partial charge in [0.05, 0.1) is 5.56 Å². The van der Waals surface area contributed by atoms with Gasteiger partial charge in [-0.15, -0.1) is 0 Å². The summed E-state index contributed by atoms with van der Waals surface area (Å²) < 4.78 is 38.4. The number of aromatic nitrogens is 1. The zero-order valence-corrected chi connectivity index (χ0v) is 6.86. The van der Waals surface area contributed by atoms with Crippen LogP contribution in [0.4, 0.5) is 13.2 Å².